The van der Waals surface area contributed by atoms with E-state index in [1.807, 2.05) is 13.2 Å². The lowest BCUT2D eigenvalue weighted by molar-refractivity contribution is -0.128. The Morgan fingerprint density at radius 2 is 2.50 bits per heavy atom. The maximum atomic E-state index is 11.4. The van der Waals surface area contributed by atoms with E-state index in [4.69, 9.17) is 5.73 Å². The van der Waals surface area contributed by atoms with Crippen LogP contribution in [0.4, 0.5) is 0 Å². The van der Waals surface area contributed by atoms with Crippen LogP contribution in [-0.4, -0.2) is 33.2 Å². The fraction of sp³-hybridized carbons (Fsp3) is 0.556. The van der Waals surface area contributed by atoms with E-state index in [0.717, 1.165) is 5.56 Å². The zero-order chi connectivity index (χ0) is 10.1. The van der Waals surface area contributed by atoms with Crippen LogP contribution in [0.15, 0.2) is 12.4 Å². The first-order valence-electron chi connectivity index (χ1n) is 4.66. The van der Waals surface area contributed by atoms with Crippen molar-refractivity contribution in [1.82, 2.24) is 14.7 Å². The van der Waals surface area contributed by atoms with Crippen molar-refractivity contribution in [3.8, 4) is 0 Å². The van der Waals surface area contributed by atoms with Crippen molar-refractivity contribution in [1.29, 1.82) is 0 Å². The molecule has 0 bridgehead atoms. The summed E-state index contributed by atoms with van der Waals surface area (Å²) in [6, 6.07) is -0.000767. The number of likely N-dealkylation sites (tertiary alicyclic amines) is 1. The summed E-state index contributed by atoms with van der Waals surface area (Å²) in [5.41, 5.74) is 6.74. The highest BCUT2D eigenvalue weighted by Crippen LogP contribution is 2.12. The summed E-state index contributed by atoms with van der Waals surface area (Å²) in [5, 5.41) is 4.05. The lowest BCUT2D eigenvalue weighted by Gasteiger charge is -2.14. The number of aromatic nitrogens is 2. The number of amides is 1. The molecule has 5 heteroatoms. The van der Waals surface area contributed by atoms with Crippen molar-refractivity contribution >= 4 is 5.91 Å². The van der Waals surface area contributed by atoms with Crippen LogP contribution >= 0.6 is 0 Å². The van der Waals surface area contributed by atoms with E-state index in [1.54, 1.807) is 15.8 Å². The normalized spacial score (nSPS) is 22.0. The molecule has 1 amide bonds. The number of rotatable bonds is 2. The van der Waals surface area contributed by atoms with Crippen molar-refractivity contribution in [2.24, 2.45) is 12.8 Å². The molecule has 0 aromatic carbocycles. The summed E-state index contributed by atoms with van der Waals surface area (Å²) in [5.74, 6) is 0.140. The lowest BCUT2D eigenvalue weighted by atomic mass is 10.3. The van der Waals surface area contributed by atoms with Gasteiger partial charge < -0.3 is 10.6 Å². The molecule has 1 aliphatic rings. The van der Waals surface area contributed by atoms with Crippen LogP contribution in [0.5, 0.6) is 0 Å². The summed E-state index contributed by atoms with van der Waals surface area (Å²) in [7, 11) is 1.86. The highest BCUT2D eigenvalue weighted by atomic mass is 16.2. The first-order valence-corrected chi connectivity index (χ1v) is 4.66. The van der Waals surface area contributed by atoms with Gasteiger partial charge in [-0.2, -0.15) is 5.10 Å². The van der Waals surface area contributed by atoms with Gasteiger partial charge in [0, 0.05) is 44.4 Å². The fourth-order valence-electron chi connectivity index (χ4n) is 1.73. The van der Waals surface area contributed by atoms with Crippen LogP contribution in [0.25, 0.3) is 0 Å². The smallest absolute Gasteiger partial charge is 0.224 e. The van der Waals surface area contributed by atoms with Gasteiger partial charge in [0.1, 0.15) is 0 Å². The molecular weight excluding hydrogens is 180 g/mol. The second-order valence-corrected chi connectivity index (χ2v) is 3.76. The molecule has 1 aromatic rings. The molecule has 5 nitrogen and oxygen atoms in total. The molecule has 2 rings (SSSR count). The van der Waals surface area contributed by atoms with Gasteiger partial charge in [0.05, 0.1) is 6.20 Å². The zero-order valence-electron chi connectivity index (χ0n) is 8.18. The predicted molar refractivity (Wildman–Crippen MR) is 51.2 cm³/mol. The van der Waals surface area contributed by atoms with Gasteiger partial charge in [-0.25, -0.2) is 0 Å². The topological polar surface area (TPSA) is 64.2 Å². The van der Waals surface area contributed by atoms with E-state index in [2.05, 4.69) is 5.10 Å². The van der Waals surface area contributed by atoms with Crippen molar-refractivity contribution in [2.45, 2.75) is 19.0 Å². The number of hydrogen-bond donors (Lipinski definition) is 1. The van der Waals surface area contributed by atoms with Crippen LogP contribution in [-0.2, 0) is 18.4 Å². The van der Waals surface area contributed by atoms with Gasteiger partial charge >= 0.3 is 0 Å². The van der Waals surface area contributed by atoms with Gasteiger partial charge in [0.2, 0.25) is 5.91 Å². The van der Waals surface area contributed by atoms with Crippen LogP contribution in [0.3, 0.4) is 0 Å². The third-order valence-corrected chi connectivity index (χ3v) is 2.38. The number of aryl methyl sites for hydroxylation is 1. The van der Waals surface area contributed by atoms with Gasteiger partial charge in [-0.15, -0.1) is 0 Å². The molecule has 2 heterocycles. The van der Waals surface area contributed by atoms with E-state index in [9.17, 15) is 4.79 Å². The maximum Gasteiger partial charge on any atom is 0.224 e. The molecule has 1 fully saturated rings. The van der Waals surface area contributed by atoms with E-state index >= 15 is 0 Å². The summed E-state index contributed by atoms with van der Waals surface area (Å²) in [6.45, 7) is 1.29. The molecule has 1 aliphatic heterocycles. The van der Waals surface area contributed by atoms with Crippen LogP contribution in [0, 0.1) is 0 Å². The van der Waals surface area contributed by atoms with Crippen molar-refractivity contribution < 1.29 is 4.79 Å². The number of nitrogens with zero attached hydrogens (tertiary/aromatic N) is 3. The highest BCUT2D eigenvalue weighted by molar-refractivity contribution is 5.79. The van der Waals surface area contributed by atoms with Gasteiger partial charge in [-0.05, 0) is 0 Å². The molecule has 0 saturated carbocycles. The third kappa shape index (κ3) is 1.77. The second-order valence-electron chi connectivity index (χ2n) is 3.76. The second kappa shape index (κ2) is 3.42. The van der Waals surface area contributed by atoms with Gasteiger partial charge in [0.15, 0.2) is 0 Å². The molecule has 1 unspecified atom stereocenters. The quantitative estimate of drug-likeness (QED) is 0.689. The van der Waals surface area contributed by atoms with E-state index < -0.39 is 0 Å². The molecule has 0 radical (unpaired) electrons. The van der Waals surface area contributed by atoms with Crippen LogP contribution in [0.1, 0.15) is 12.0 Å². The van der Waals surface area contributed by atoms with Crippen LogP contribution < -0.4 is 5.73 Å². The Bertz CT molecular complexity index is 346. The van der Waals surface area contributed by atoms with Crippen molar-refractivity contribution in [3.05, 3.63) is 18.0 Å². The molecule has 2 N–H and O–H groups in total. The maximum absolute atomic E-state index is 11.4. The summed E-state index contributed by atoms with van der Waals surface area (Å²) < 4.78 is 1.73. The minimum absolute atomic E-state index is 0.000767. The molecule has 76 valence electrons. The largest absolute Gasteiger partial charge is 0.337 e. The number of carbonyl (C=O) groups excluding carboxylic acids is 1. The Hall–Kier alpha value is -1.36. The summed E-state index contributed by atoms with van der Waals surface area (Å²) in [6.07, 6.45) is 4.16. The fourth-order valence-corrected chi connectivity index (χ4v) is 1.73. The van der Waals surface area contributed by atoms with Crippen molar-refractivity contribution in [3.63, 3.8) is 0 Å². The molecular formula is C9H14N4O. The molecule has 14 heavy (non-hydrogen) atoms. The van der Waals surface area contributed by atoms with Gasteiger partial charge in [-0.3, -0.25) is 9.48 Å². The Kier molecular flexibility index (Phi) is 2.25. The van der Waals surface area contributed by atoms with E-state index in [-0.39, 0.29) is 11.9 Å². The monoisotopic (exact) mass is 194 g/mol. The van der Waals surface area contributed by atoms with E-state index in [1.165, 1.54) is 0 Å². The van der Waals surface area contributed by atoms with Gasteiger partial charge in [0.25, 0.3) is 0 Å². The SMILES string of the molecule is Cn1cc(CN2CC(N)CC2=O)cn1. The molecule has 1 atom stereocenters. The summed E-state index contributed by atoms with van der Waals surface area (Å²) in [4.78, 5) is 13.2. The Morgan fingerprint density at radius 3 is 3.00 bits per heavy atom. The Morgan fingerprint density at radius 1 is 1.71 bits per heavy atom. The molecule has 1 saturated heterocycles. The lowest BCUT2D eigenvalue weighted by Crippen LogP contribution is -2.27. The molecule has 0 spiro atoms. The van der Waals surface area contributed by atoms with E-state index in [0.29, 0.717) is 19.5 Å². The highest BCUT2D eigenvalue weighted by Gasteiger charge is 2.26. The van der Waals surface area contributed by atoms with Crippen molar-refractivity contribution in [2.75, 3.05) is 6.54 Å². The average molecular weight is 194 g/mol. The standard InChI is InChI=1S/C9H14N4O/c1-12-4-7(3-11-12)5-13-6-8(10)2-9(13)14/h3-4,8H,2,5-6,10H2,1H3. The average Bonchev–Trinajstić information content (AvgIpc) is 2.61. The Labute approximate surface area is 82.5 Å². The molecule has 0 aliphatic carbocycles. The Balaban J connectivity index is 2.01. The number of nitrogens with two attached hydrogens (primary N) is 1. The van der Waals surface area contributed by atoms with Gasteiger partial charge in [-0.1, -0.05) is 0 Å². The minimum Gasteiger partial charge on any atom is -0.337 e. The summed E-state index contributed by atoms with van der Waals surface area (Å²) >= 11 is 0. The number of carbonyl (C=O) groups is 1. The zero-order valence-corrected chi connectivity index (χ0v) is 8.18. The first-order chi connectivity index (χ1) is 6.65. The minimum atomic E-state index is -0.000767. The molecule has 1 aromatic heterocycles. The van der Waals surface area contributed by atoms with Crippen LogP contribution in [0.2, 0.25) is 0 Å². The first kappa shape index (κ1) is 9.21. The number of hydrogen-bond acceptors (Lipinski definition) is 3. The third-order valence-electron chi connectivity index (χ3n) is 2.38. The predicted octanol–water partition coefficient (Wildman–Crippen LogP) is -0.520.